The Morgan fingerprint density at radius 2 is 2.19 bits per heavy atom. The van der Waals surface area contributed by atoms with Crippen molar-refractivity contribution in [3.05, 3.63) is 33.3 Å². The molecule has 4 heteroatoms. The fraction of sp³-hybridized carbons (Fsp3) is 0.500. The number of rotatable bonds is 5. The maximum Gasteiger partial charge on any atom is 0.0733 e. The minimum absolute atomic E-state index is 0.420. The molecule has 0 aliphatic heterocycles. The SMILES string of the molecule is CCCC[C@@H](O)[C@@H](N)c1cc(Br)ccc1Cl. The zero-order valence-electron chi connectivity index (χ0n) is 9.29. The van der Waals surface area contributed by atoms with Gasteiger partial charge in [-0.25, -0.2) is 0 Å². The molecule has 1 rings (SSSR count). The average molecular weight is 307 g/mol. The lowest BCUT2D eigenvalue weighted by Gasteiger charge is -2.20. The van der Waals surface area contributed by atoms with E-state index in [1.165, 1.54) is 0 Å². The van der Waals surface area contributed by atoms with E-state index in [2.05, 4.69) is 22.9 Å². The van der Waals surface area contributed by atoms with Gasteiger partial charge in [0.2, 0.25) is 0 Å². The van der Waals surface area contributed by atoms with Gasteiger partial charge in [-0.1, -0.05) is 47.3 Å². The highest BCUT2D eigenvalue weighted by Gasteiger charge is 2.18. The molecule has 0 aliphatic carbocycles. The van der Waals surface area contributed by atoms with E-state index in [0.717, 1.165) is 22.9 Å². The zero-order chi connectivity index (χ0) is 12.1. The van der Waals surface area contributed by atoms with Gasteiger partial charge in [0.15, 0.2) is 0 Å². The van der Waals surface area contributed by atoms with E-state index in [9.17, 15) is 5.11 Å². The Kier molecular flexibility index (Phi) is 5.76. The summed E-state index contributed by atoms with van der Waals surface area (Å²) in [6.07, 6.45) is 2.20. The molecule has 0 unspecified atom stereocenters. The van der Waals surface area contributed by atoms with Crippen molar-refractivity contribution in [2.24, 2.45) is 5.73 Å². The summed E-state index contributed by atoms with van der Waals surface area (Å²) in [5.74, 6) is 0. The summed E-state index contributed by atoms with van der Waals surface area (Å²) in [4.78, 5) is 0. The van der Waals surface area contributed by atoms with Crippen molar-refractivity contribution < 1.29 is 5.11 Å². The van der Waals surface area contributed by atoms with Crippen LogP contribution in [0.15, 0.2) is 22.7 Å². The van der Waals surface area contributed by atoms with Crippen molar-refractivity contribution in [2.45, 2.75) is 38.3 Å². The van der Waals surface area contributed by atoms with Crippen LogP contribution in [-0.2, 0) is 0 Å². The fourth-order valence-electron chi connectivity index (χ4n) is 1.57. The Morgan fingerprint density at radius 3 is 2.81 bits per heavy atom. The predicted molar refractivity (Wildman–Crippen MR) is 71.6 cm³/mol. The number of nitrogens with two attached hydrogens (primary N) is 1. The number of aliphatic hydroxyl groups is 1. The Bertz CT molecular complexity index is 346. The number of halogens is 2. The minimum atomic E-state index is -0.535. The number of hydrogen-bond acceptors (Lipinski definition) is 2. The van der Waals surface area contributed by atoms with Crippen molar-refractivity contribution >= 4 is 27.5 Å². The molecular formula is C12H17BrClNO. The van der Waals surface area contributed by atoms with Crippen molar-refractivity contribution in [1.29, 1.82) is 0 Å². The normalized spacial score (nSPS) is 14.8. The van der Waals surface area contributed by atoms with Gasteiger partial charge in [-0.15, -0.1) is 0 Å². The zero-order valence-corrected chi connectivity index (χ0v) is 11.6. The maximum atomic E-state index is 9.92. The molecule has 0 aliphatic rings. The van der Waals surface area contributed by atoms with Gasteiger partial charge in [0.1, 0.15) is 0 Å². The Balaban J connectivity index is 2.78. The van der Waals surface area contributed by atoms with E-state index in [1.54, 1.807) is 6.07 Å². The second kappa shape index (κ2) is 6.60. The van der Waals surface area contributed by atoms with Gasteiger partial charge >= 0.3 is 0 Å². The molecule has 0 saturated carbocycles. The molecule has 1 aromatic rings. The summed E-state index contributed by atoms with van der Waals surface area (Å²) < 4.78 is 0.921. The van der Waals surface area contributed by atoms with E-state index in [-0.39, 0.29) is 0 Å². The summed E-state index contributed by atoms with van der Waals surface area (Å²) in [5.41, 5.74) is 6.79. The summed E-state index contributed by atoms with van der Waals surface area (Å²) >= 11 is 9.43. The Labute approximate surface area is 110 Å². The van der Waals surface area contributed by atoms with E-state index >= 15 is 0 Å². The first-order chi connectivity index (χ1) is 7.56. The first-order valence-electron chi connectivity index (χ1n) is 5.44. The van der Waals surface area contributed by atoms with Gasteiger partial charge in [0, 0.05) is 9.50 Å². The van der Waals surface area contributed by atoms with E-state index in [4.69, 9.17) is 17.3 Å². The molecule has 90 valence electrons. The monoisotopic (exact) mass is 305 g/mol. The lowest BCUT2D eigenvalue weighted by Crippen LogP contribution is -2.26. The maximum absolute atomic E-state index is 9.92. The summed E-state index contributed by atoms with van der Waals surface area (Å²) in [6.45, 7) is 2.09. The third-order valence-corrected chi connectivity index (χ3v) is 3.42. The van der Waals surface area contributed by atoms with Crippen LogP contribution in [-0.4, -0.2) is 11.2 Å². The highest BCUT2D eigenvalue weighted by atomic mass is 79.9. The average Bonchev–Trinajstić information content (AvgIpc) is 2.28. The molecule has 0 amide bonds. The third-order valence-electron chi connectivity index (χ3n) is 2.59. The molecule has 16 heavy (non-hydrogen) atoms. The lowest BCUT2D eigenvalue weighted by molar-refractivity contribution is 0.132. The van der Waals surface area contributed by atoms with Crippen molar-refractivity contribution in [2.75, 3.05) is 0 Å². The molecule has 3 N–H and O–H groups in total. The van der Waals surface area contributed by atoms with Crippen LogP contribution in [0.5, 0.6) is 0 Å². The summed E-state index contributed by atoms with van der Waals surface area (Å²) in [5, 5.41) is 10.5. The van der Waals surface area contributed by atoms with Crippen LogP contribution in [0.3, 0.4) is 0 Å². The highest BCUT2D eigenvalue weighted by molar-refractivity contribution is 9.10. The number of unbranched alkanes of at least 4 members (excludes halogenated alkanes) is 1. The van der Waals surface area contributed by atoms with Crippen LogP contribution >= 0.6 is 27.5 Å². The molecule has 0 saturated heterocycles. The second-order valence-corrected chi connectivity index (χ2v) is 5.22. The standard InChI is InChI=1S/C12H17BrClNO/c1-2-3-4-11(16)12(15)9-7-8(13)5-6-10(9)14/h5-7,11-12,16H,2-4,15H2,1H3/t11-,12+/m1/s1. The predicted octanol–water partition coefficient (Wildman–Crippen LogP) is 3.65. The third kappa shape index (κ3) is 3.74. The van der Waals surface area contributed by atoms with Crippen LogP contribution in [0, 0.1) is 0 Å². The topological polar surface area (TPSA) is 46.2 Å². The van der Waals surface area contributed by atoms with Gasteiger partial charge in [-0.05, 0) is 30.2 Å². The first kappa shape index (κ1) is 14.0. The molecule has 2 nitrogen and oxygen atoms in total. The second-order valence-electron chi connectivity index (χ2n) is 3.90. The fourth-order valence-corrected chi connectivity index (χ4v) is 2.19. The van der Waals surface area contributed by atoms with Crippen molar-refractivity contribution in [1.82, 2.24) is 0 Å². The molecule has 0 radical (unpaired) electrons. The van der Waals surface area contributed by atoms with Gasteiger partial charge in [0.25, 0.3) is 0 Å². The molecule has 0 bridgehead atoms. The van der Waals surface area contributed by atoms with E-state index in [0.29, 0.717) is 11.4 Å². The number of hydrogen-bond donors (Lipinski definition) is 2. The molecule has 0 spiro atoms. The first-order valence-corrected chi connectivity index (χ1v) is 6.62. The minimum Gasteiger partial charge on any atom is -0.391 e. The quantitative estimate of drug-likeness (QED) is 0.872. The molecular weight excluding hydrogens is 289 g/mol. The molecule has 1 aromatic carbocycles. The van der Waals surface area contributed by atoms with Crippen LogP contribution in [0.4, 0.5) is 0 Å². The summed E-state index contributed by atoms with van der Waals surface area (Å²) in [6, 6.07) is 5.09. The Hall–Kier alpha value is -0.0900. The smallest absolute Gasteiger partial charge is 0.0733 e. The van der Waals surface area contributed by atoms with Gasteiger partial charge in [-0.2, -0.15) is 0 Å². The molecule has 0 aromatic heterocycles. The van der Waals surface area contributed by atoms with Crippen LogP contribution in [0.25, 0.3) is 0 Å². The Morgan fingerprint density at radius 1 is 1.50 bits per heavy atom. The van der Waals surface area contributed by atoms with Gasteiger partial charge in [0.05, 0.1) is 12.1 Å². The molecule has 0 fully saturated rings. The lowest BCUT2D eigenvalue weighted by atomic mass is 9.98. The van der Waals surface area contributed by atoms with Crippen LogP contribution in [0.2, 0.25) is 5.02 Å². The molecule has 0 heterocycles. The van der Waals surface area contributed by atoms with Gasteiger partial charge < -0.3 is 10.8 Å². The largest absolute Gasteiger partial charge is 0.391 e. The van der Waals surface area contributed by atoms with Crippen molar-refractivity contribution in [3.8, 4) is 0 Å². The van der Waals surface area contributed by atoms with E-state index < -0.39 is 12.1 Å². The number of aliphatic hydroxyl groups excluding tert-OH is 1. The van der Waals surface area contributed by atoms with Gasteiger partial charge in [-0.3, -0.25) is 0 Å². The summed E-state index contributed by atoms with van der Waals surface area (Å²) in [7, 11) is 0. The van der Waals surface area contributed by atoms with Crippen molar-refractivity contribution in [3.63, 3.8) is 0 Å². The van der Waals surface area contributed by atoms with Crippen LogP contribution in [0.1, 0.15) is 37.8 Å². The molecule has 2 atom stereocenters. The highest BCUT2D eigenvalue weighted by Crippen LogP contribution is 2.28. The van der Waals surface area contributed by atoms with Crippen LogP contribution < -0.4 is 5.73 Å². The number of benzene rings is 1. The van der Waals surface area contributed by atoms with E-state index in [1.807, 2.05) is 12.1 Å².